The summed E-state index contributed by atoms with van der Waals surface area (Å²) >= 11 is 0. The summed E-state index contributed by atoms with van der Waals surface area (Å²) in [6.07, 6.45) is 8.46. The molecule has 0 aliphatic heterocycles. The van der Waals surface area contributed by atoms with Gasteiger partial charge in [0.15, 0.2) is 0 Å². The van der Waals surface area contributed by atoms with Gasteiger partial charge in [0.05, 0.1) is 5.56 Å². The van der Waals surface area contributed by atoms with Crippen LogP contribution < -0.4 is 5.32 Å². The first kappa shape index (κ1) is 11.1. The Morgan fingerprint density at radius 3 is 3.07 bits per heavy atom. The smallest absolute Gasteiger partial charge is 0.144 e. The number of aromatic nitrogens is 1. The molecule has 0 radical (unpaired) electrons. The summed E-state index contributed by atoms with van der Waals surface area (Å²) in [6, 6.07) is 3.96. The fourth-order valence-electron chi connectivity index (χ4n) is 1.23. The Balaban J connectivity index is 2.66. The molecular weight excluding hydrogens is 186 g/mol. The van der Waals surface area contributed by atoms with Gasteiger partial charge in [-0.25, -0.2) is 4.98 Å². The van der Waals surface area contributed by atoms with Crippen molar-refractivity contribution in [3.05, 3.63) is 23.4 Å². The standard InChI is InChI=1S/C12H13N3/c1-3-4-5-7-14-12-11(9-13)10(2)6-8-15-12/h1,6,8H,4-5,7H2,2H3,(H,14,15). The Morgan fingerprint density at radius 1 is 1.60 bits per heavy atom. The highest BCUT2D eigenvalue weighted by atomic mass is 15.0. The molecule has 15 heavy (non-hydrogen) atoms. The molecule has 0 saturated carbocycles. The van der Waals surface area contributed by atoms with E-state index in [4.69, 9.17) is 11.7 Å². The third-order valence-corrected chi connectivity index (χ3v) is 2.06. The molecule has 76 valence electrons. The first-order chi connectivity index (χ1) is 7.29. The summed E-state index contributed by atoms with van der Waals surface area (Å²) in [7, 11) is 0. The Morgan fingerprint density at radius 2 is 2.40 bits per heavy atom. The largest absolute Gasteiger partial charge is 0.369 e. The summed E-state index contributed by atoms with van der Waals surface area (Å²) in [4.78, 5) is 4.12. The van der Waals surface area contributed by atoms with Crippen LogP contribution in [0.4, 0.5) is 5.82 Å². The molecule has 0 atom stereocenters. The normalized spacial score (nSPS) is 9.00. The number of terminal acetylenes is 1. The minimum Gasteiger partial charge on any atom is -0.369 e. The lowest BCUT2D eigenvalue weighted by atomic mass is 10.1. The molecule has 0 aromatic carbocycles. The molecular formula is C12H13N3. The van der Waals surface area contributed by atoms with Crippen LogP contribution in [0, 0.1) is 30.6 Å². The number of unbranched alkanes of at least 4 members (excludes halogenated alkanes) is 1. The van der Waals surface area contributed by atoms with Crippen molar-refractivity contribution in [2.45, 2.75) is 19.8 Å². The van der Waals surface area contributed by atoms with E-state index in [0.29, 0.717) is 11.4 Å². The second-order valence-electron chi connectivity index (χ2n) is 3.20. The van der Waals surface area contributed by atoms with Crippen molar-refractivity contribution in [3.63, 3.8) is 0 Å². The number of aryl methyl sites for hydroxylation is 1. The monoisotopic (exact) mass is 199 g/mol. The molecule has 0 aliphatic rings. The molecule has 1 aromatic rings. The molecule has 1 rings (SSSR count). The van der Waals surface area contributed by atoms with E-state index >= 15 is 0 Å². The predicted molar refractivity (Wildman–Crippen MR) is 60.2 cm³/mol. The van der Waals surface area contributed by atoms with E-state index in [1.807, 2.05) is 13.0 Å². The number of rotatable bonds is 4. The SMILES string of the molecule is C#CCCCNc1nccc(C)c1C#N. The molecule has 0 amide bonds. The van der Waals surface area contributed by atoms with E-state index < -0.39 is 0 Å². The van der Waals surface area contributed by atoms with Gasteiger partial charge in [-0.15, -0.1) is 12.3 Å². The topological polar surface area (TPSA) is 48.7 Å². The Labute approximate surface area is 90.1 Å². The minimum atomic E-state index is 0.609. The average Bonchev–Trinajstić information content (AvgIpc) is 2.24. The predicted octanol–water partition coefficient (Wildman–Crippen LogP) is 2.09. The van der Waals surface area contributed by atoms with E-state index in [2.05, 4.69) is 22.3 Å². The summed E-state index contributed by atoms with van der Waals surface area (Å²) < 4.78 is 0. The van der Waals surface area contributed by atoms with Gasteiger partial charge >= 0.3 is 0 Å². The number of hydrogen-bond acceptors (Lipinski definition) is 3. The highest BCUT2D eigenvalue weighted by Gasteiger charge is 2.04. The maximum Gasteiger partial charge on any atom is 0.144 e. The maximum absolute atomic E-state index is 8.94. The van der Waals surface area contributed by atoms with Crippen molar-refractivity contribution in [1.29, 1.82) is 5.26 Å². The van der Waals surface area contributed by atoms with Crippen LogP contribution in [0.5, 0.6) is 0 Å². The zero-order chi connectivity index (χ0) is 11.1. The van der Waals surface area contributed by atoms with E-state index in [1.54, 1.807) is 6.20 Å². The Bertz CT molecular complexity index is 410. The van der Waals surface area contributed by atoms with Crippen LogP contribution in [0.2, 0.25) is 0 Å². The fraction of sp³-hybridized carbons (Fsp3) is 0.333. The van der Waals surface area contributed by atoms with Gasteiger partial charge in [0.2, 0.25) is 0 Å². The lowest BCUT2D eigenvalue weighted by Crippen LogP contribution is -2.05. The number of nitriles is 1. The number of pyridine rings is 1. The molecule has 0 spiro atoms. The van der Waals surface area contributed by atoms with Crippen molar-refractivity contribution < 1.29 is 0 Å². The van der Waals surface area contributed by atoms with Gasteiger partial charge in [-0.3, -0.25) is 0 Å². The second kappa shape index (κ2) is 5.67. The van der Waals surface area contributed by atoms with E-state index in [-0.39, 0.29) is 0 Å². The van der Waals surface area contributed by atoms with Crippen LogP contribution in [0.3, 0.4) is 0 Å². The highest BCUT2D eigenvalue weighted by molar-refractivity contribution is 5.55. The van der Waals surface area contributed by atoms with Gasteiger partial charge < -0.3 is 5.32 Å². The molecule has 3 heteroatoms. The highest BCUT2D eigenvalue weighted by Crippen LogP contribution is 2.14. The molecule has 0 saturated heterocycles. The van der Waals surface area contributed by atoms with Crippen LogP contribution in [-0.2, 0) is 0 Å². The van der Waals surface area contributed by atoms with Crippen LogP contribution in [-0.4, -0.2) is 11.5 Å². The second-order valence-corrected chi connectivity index (χ2v) is 3.20. The first-order valence-corrected chi connectivity index (χ1v) is 4.82. The summed E-state index contributed by atoms with van der Waals surface area (Å²) in [5.74, 6) is 3.22. The Hall–Kier alpha value is -2.00. The lowest BCUT2D eigenvalue weighted by molar-refractivity contribution is 0.900. The molecule has 0 aliphatic carbocycles. The quantitative estimate of drug-likeness (QED) is 0.596. The van der Waals surface area contributed by atoms with Gasteiger partial charge in [-0.05, 0) is 25.0 Å². The lowest BCUT2D eigenvalue weighted by Gasteiger charge is -2.07. The van der Waals surface area contributed by atoms with Gasteiger partial charge in [0.1, 0.15) is 11.9 Å². The zero-order valence-electron chi connectivity index (χ0n) is 8.75. The number of nitrogens with zero attached hydrogens (tertiary/aromatic N) is 2. The fourth-order valence-corrected chi connectivity index (χ4v) is 1.23. The number of hydrogen-bond donors (Lipinski definition) is 1. The molecule has 0 fully saturated rings. The van der Waals surface area contributed by atoms with Gasteiger partial charge in [0, 0.05) is 19.2 Å². The summed E-state index contributed by atoms with van der Waals surface area (Å²) in [6.45, 7) is 2.64. The van der Waals surface area contributed by atoms with Crippen molar-refractivity contribution in [1.82, 2.24) is 4.98 Å². The van der Waals surface area contributed by atoms with Crippen molar-refractivity contribution in [3.8, 4) is 18.4 Å². The van der Waals surface area contributed by atoms with Crippen molar-refractivity contribution >= 4 is 5.82 Å². The first-order valence-electron chi connectivity index (χ1n) is 4.82. The van der Waals surface area contributed by atoms with E-state index in [1.165, 1.54) is 0 Å². The van der Waals surface area contributed by atoms with Crippen molar-refractivity contribution in [2.24, 2.45) is 0 Å². The molecule has 1 N–H and O–H groups in total. The summed E-state index contributed by atoms with van der Waals surface area (Å²) in [5.41, 5.74) is 1.55. The van der Waals surface area contributed by atoms with E-state index in [0.717, 1.165) is 24.9 Å². The van der Waals surface area contributed by atoms with Crippen LogP contribution in [0.25, 0.3) is 0 Å². The Kier molecular flexibility index (Phi) is 4.19. The van der Waals surface area contributed by atoms with Crippen LogP contribution in [0.1, 0.15) is 24.0 Å². The van der Waals surface area contributed by atoms with Gasteiger partial charge in [0.25, 0.3) is 0 Å². The molecule has 0 unspecified atom stereocenters. The minimum absolute atomic E-state index is 0.609. The molecule has 0 bridgehead atoms. The van der Waals surface area contributed by atoms with Crippen LogP contribution >= 0.6 is 0 Å². The molecule has 3 nitrogen and oxygen atoms in total. The number of anilines is 1. The van der Waals surface area contributed by atoms with Gasteiger partial charge in [-0.2, -0.15) is 5.26 Å². The average molecular weight is 199 g/mol. The zero-order valence-corrected chi connectivity index (χ0v) is 8.75. The summed E-state index contributed by atoms with van der Waals surface area (Å²) in [5, 5.41) is 12.1. The van der Waals surface area contributed by atoms with E-state index in [9.17, 15) is 0 Å². The maximum atomic E-state index is 8.94. The van der Waals surface area contributed by atoms with Gasteiger partial charge in [-0.1, -0.05) is 0 Å². The molecule has 1 heterocycles. The molecule has 1 aromatic heterocycles. The third kappa shape index (κ3) is 3.00. The number of nitrogens with one attached hydrogen (secondary N) is 1. The van der Waals surface area contributed by atoms with Crippen LogP contribution in [0.15, 0.2) is 12.3 Å². The third-order valence-electron chi connectivity index (χ3n) is 2.06. The van der Waals surface area contributed by atoms with Crippen molar-refractivity contribution in [2.75, 3.05) is 11.9 Å².